The number of carbonyl (C=O) groups is 1. The van der Waals surface area contributed by atoms with Gasteiger partial charge in [-0.05, 0) is 37.3 Å². The lowest BCUT2D eigenvalue weighted by atomic mass is 9.80. The maximum Gasteiger partial charge on any atom is 0.323 e. The number of phenolic OH excluding ortho intramolecular Hbond substituents is 2. The van der Waals surface area contributed by atoms with Gasteiger partial charge in [0, 0.05) is 5.56 Å². The third-order valence-electron chi connectivity index (χ3n) is 3.60. The summed E-state index contributed by atoms with van der Waals surface area (Å²) < 4.78 is 0. The van der Waals surface area contributed by atoms with E-state index in [2.05, 4.69) is 0 Å². The summed E-state index contributed by atoms with van der Waals surface area (Å²) >= 11 is 0. The van der Waals surface area contributed by atoms with Crippen molar-refractivity contribution < 1.29 is 20.1 Å². The topological polar surface area (TPSA) is 104 Å². The number of aromatic hydroxyl groups is 2. The van der Waals surface area contributed by atoms with Crippen molar-refractivity contribution in [2.45, 2.75) is 38.6 Å². The molecule has 0 aliphatic carbocycles. The first-order chi connectivity index (χ1) is 8.66. The van der Waals surface area contributed by atoms with Gasteiger partial charge in [0.2, 0.25) is 0 Å². The van der Waals surface area contributed by atoms with Crippen LogP contribution in [0.4, 0.5) is 0 Å². The van der Waals surface area contributed by atoms with Crippen LogP contribution < -0.4 is 5.73 Å². The fourth-order valence-electron chi connectivity index (χ4n) is 2.23. The zero-order valence-electron chi connectivity index (χ0n) is 11.4. The molecule has 0 fully saturated rings. The monoisotopic (exact) mass is 267 g/mol. The van der Waals surface area contributed by atoms with Gasteiger partial charge in [-0.1, -0.05) is 19.9 Å². The number of hydrogen-bond acceptors (Lipinski definition) is 4. The summed E-state index contributed by atoms with van der Waals surface area (Å²) in [4.78, 5) is 11.0. The van der Waals surface area contributed by atoms with Crippen molar-refractivity contribution in [3.63, 3.8) is 0 Å². The second-order valence-corrected chi connectivity index (χ2v) is 5.40. The van der Waals surface area contributed by atoms with Gasteiger partial charge in [-0.15, -0.1) is 0 Å². The Kier molecular flexibility index (Phi) is 4.42. The molecule has 3 atom stereocenters. The second-order valence-electron chi connectivity index (χ2n) is 5.40. The van der Waals surface area contributed by atoms with Crippen LogP contribution in [0.2, 0.25) is 0 Å². The smallest absolute Gasteiger partial charge is 0.323 e. The molecule has 5 N–H and O–H groups in total. The van der Waals surface area contributed by atoms with E-state index in [0.717, 1.165) is 0 Å². The van der Waals surface area contributed by atoms with Gasteiger partial charge in [0.1, 0.15) is 17.0 Å². The van der Waals surface area contributed by atoms with Crippen LogP contribution in [0, 0.1) is 5.92 Å². The summed E-state index contributed by atoms with van der Waals surface area (Å²) in [6, 6.07) is 4.55. The third-order valence-corrected chi connectivity index (χ3v) is 3.60. The van der Waals surface area contributed by atoms with Crippen molar-refractivity contribution in [3.8, 4) is 11.5 Å². The van der Waals surface area contributed by atoms with Gasteiger partial charge in [0.15, 0.2) is 0 Å². The van der Waals surface area contributed by atoms with Gasteiger partial charge in [-0.3, -0.25) is 4.79 Å². The average molecular weight is 267 g/mol. The van der Waals surface area contributed by atoms with Gasteiger partial charge in [-0.25, -0.2) is 0 Å². The Morgan fingerprint density at radius 1 is 1.32 bits per heavy atom. The quantitative estimate of drug-likeness (QED) is 0.653. The van der Waals surface area contributed by atoms with Crippen molar-refractivity contribution in [1.82, 2.24) is 0 Å². The molecule has 106 valence electrons. The van der Waals surface area contributed by atoms with Crippen LogP contribution in [-0.2, 0) is 4.79 Å². The summed E-state index contributed by atoms with van der Waals surface area (Å²) in [5.74, 6) is -1.36. The molecule has 1 aromatic rings. The van der Waals surface area contributed by atoms with Crippen LogP contribution in [-0.4, -0.2) is 26.8 Å². The van der Waals surface area contributed by atoms with E-state index in [1.807, 2.05) is 13.8 Å². The Balaban J connectivity index is 2.95. The van der Waals surface area contributed by atoms with Crippen LogP contribution in [0.25, 0.3) is 0 Å². The zero-order chi connectivity index (χ0) is 14.8. The van der Waals surface area contributed by atoms with Crippen LogP contribution >= 0.6 is 0 Å². The number of phenols is 2. The lowest BCUT2D eigenvalue weighted by molar-refractivity contribution is -0.143. The predicted octanol–water partition coefficient (Wildman–Crippen LogP) is 2.03. The lowest BCUT2D eigenvalue weighted by Gasteiger charge is -2.28. The van der Waals surface area contributed by atoms with Crippen LogP contribution in [0.5, 0.6) is 11.5 Å². The van der Waals surface area contributed by atoms with Gasteiger partial charge in [0.05, 0.1) is 0 Å². The number of rotatable bonds is 5. The molecule has 3 unspecified atom stereocenters. The molecule has 0 radical (unpaired) electrons. The normalized spacial score (nSPS) is 17.5. The van der Waals surface area contributed by atoms with Crippen LogP contribution in [0.3, 0.4) is 0 Å². The average Bonchev–Trinajstić information content (AvgIpc) is 2.27. The molecule has 5 heteroatoms. The molecule has 0 bridgehead atoms. The fraction of sp³-hybridized carbons (Fsp3) is 0.500. The first-order valence-electron chi connectivity index (χ1n) is 6.20. The Morgan fingerprint density at radius 2 is 1.79 bits per heavy atom. The summed E-state index contributed by atoms with van der Waals surface area (Å²) in [6.07, 6.45) is 0.247. The number of hydrogen-bond donors (Lipinski definition) is 4. The number of benzene rings is 1. The first-order valence-corrected chi connectivity index (χ1v) is 6.20. The molecule has 0 spiro atoms. The second kappa shape index (κ2) is 5.48. The van der Waals surface area contributed by atoms with E-state index in [-0.39, 0.29) is 29.8 Å². The number of nitrogens with two attached hydrogens (primary N) is 1. The van der Waals surface area contributed by atoms with Gasteiger partial charge in [0.25, 0.3) is 0 Å². The Hall–Kier alpha value is -1.75. The Bertz CT molecular complexity index is 450. The molecule has 1 aromatic carbocycles. The maximum atomic E-state index is 11.0. The largest absolute Gasteiger partial charge is 0.508 e. The number of carboxylic acids is 1. The minimum absolute atomic E-state index is 0.00778. The van der Waals surface area contributed by atoms with E-state index >= 15 is 0 Å². The summed E-state index contributed by atoms with van der Waals surface area (Å²) in [7, 11) is 0. The standard InChI is InChI=1S/C14H21NO4/c1-8(7-14(3,15)13(18)19)9(2)12-10(16)5-4-6-11(12)17/h4-6,8-9,16-17H,7,15H2,1-3H3,(H,18,19). The maximum absolute atomic E-state index is 11.0. The van der Waals surface area contributed by atoms with Crippen LogP contribution in [0.15, 0.2) is 18.2 Å². The van der Waals surface area contributed by atoms with Crippen molar-refractivity contribution in [1.29, 1.82) is 0 Å². The SMILES string of the molecule is CC(CC(C)(N)C(=O)O)C(C)c1c(O)cccc1O. The van der Waals surface area contributed by atoms with E-state index in [0.29, 0.717) is 5.56 Å². The van der Waals surface area contributed by atoms with E-state index in [4.69, 9.17) is 10.8 Å². The zero-order valence-corrected chi connectivity index (χ0v) is 11.4. The molecule has 19 heavy (non-hydrogen) atoms. The minimum atomic E-state index is -1.33. The highest BCUT2D eigenvalue weighted by Crippen LogP contribution is 2.39. The Morgan fingerprint density at radius 3 is 2.21 bits per heavy atom. The van der Waals surface area contributed by atoms with E-state index in [1.165, 1.54) is 19.1 Å². The molecule has 0 saturated carbocycles. The molecule has 5 nitrogen and oxygen atoms in total. The number of aliphatic carboxylic acids is 1. The van der Waals surface area contributed by atoms with E-state index in [1.54, 1.807) is 6.07 Å². The molecule has 0 saturated heterocycles. The summed E-state index contributed by atoms with van der Waals surface area (Å²) in [5, 5.41) is 28.6. The van der Waals surface area contributed by atoms with Gasteiger partial charge >= 0.3 is 5.97 Å². The predicted molar refractivity (Wildman–Crippen MR) is 72.2 cm³/mol. The molecular weight excluding hydrogens is 246 g/mol. The highest BCUT2D eigenvalue weighted by molar-refractivity contribution is 5.77. The van der Waals surface area contributed by atoms with Crippen LogP contribution in [0.1, 0.15) is 38.7 Å². The fourth-order valence-corrected chi connectivity index (χ4v) is 2.23. The van der Waals surface area contributed by atoms with Gasteiger partial charge < -0.3 is 21.1 Å². The van der Waals surface area contributed by atoms with Gasteiger partial charge in [-0.2, -0.15) is 0 Å². The molecule has 0 aliphatic rings. The highest BCUT2D eigenvalue weighted by Gasteiger charge is 2.33. The van der Waals surface area contributed by atoms with Crippen molar-refractivity contribution >= 4 is 5.97 Å². The minimum Gasteiger partial charge on any atom is -0.508 e. The van der Waals surface area contributed by atoms with E-state index < -0.39 is 11.5 Å². The van der Waals surface area contributed by atoms with E-state index in [9.17, 15) is 15.0 Å². The molecular formula is C14H21NO4. The van der Waals surface area contributed by atoms with Crippen molar-refractivity contribution in [2.24, 2.45) is 11.7 Å². The lowest BCUT2D eigenvalue weighted by Crippen LogP contribution is -2.46. The molecule has 0 amide bonds. The summed E-state index contributed by atoms with van der Waals surface area (Å²) in [5.41, 5.74) is 4.83. The Labute approximate surface area is 112 Å². The highest BCUT2D eigenvalue weighted by atomic mass is 16.4. The third kappa shape index (κ3) is 3.38. The van der Waals surface area contributed by atoms with Crippen molar-refractivity contribution in [3.05, 3.63) is 23.8 Å². The molecule has 0 heterocycles. The first kappa shape index (κ1) is 15.3. The van der Waals surface area contributed by atoms with Crippen molar-refractivity contribution in [2.75, 3.05) is 0 Å². The summed E-state index contributed by atoms with van der Waals surface area (Å²) in [6.45, 7) is 5.14. The molecule has 0 aromatic heterocycles. The number of carboxylic acid groups (broad SMARTS) is 1. The molecule has 0 aliphatic heterocycles. The molecule has 1 rings (SSSR count).